The Labute approximate surface area is 117 Å². The Morgan fingerprint density at radius 2 is 2.30 bits per heavy atom. The maximum atomic E-state index is 11.5. The Morgan fingerprint density at radius 3 is 3.00 bits per heavy atom. The Balaban J connectivity index is 2.05. The molecule has 0 aliphatic heterocycles. The van der Waals surface area contributed by atoms with Gasteiger partial charge in [0.25, 0.3) is 0 Å². The van der Waals surface area contributed by atoms with Crippen LogP contribution in [0.1, 0.15) is 18.5 Å². The van der Waals surface area contributed by atoms with Gasteiger partial charge in [0.15, 0.2) is 0 Å². The third-order valence-corrected chi connectivity index (χ3v) is 2.88. The van der Waals surface area contributed by atoms with Crippen molar-refractivity contribution in [3.63, 3.8) is 0 Å². The molecular weight excluding hydrogens is 256 g/mol. The highest BCUT2D eigenvalue weighted by molar-refractivity contribution is 5.74. The number of benzene rings is 1. The van der Waals surface area contributed by atoms with E-state index in [0.29, 0.717) is 0 Å². The van der Waals surface area contributed by atoms with Gasteiger partial charge < -0.3 is 15.7 Å². The molecule has 0 fully saturated rings. The number of urea groups is 1. The molecule has 106 valence electrons. The van der Waals surface area contributed by atoms with Crippen LogP contribution in [0.4, 0.5) is 4.79 Å². The first kappa shape index (κ1) is 14.1. The lowest BCUT2D eigenvalue weighted by atomic mass is 10.1. The molecule has 1 atom stereocenters. The number of carbonyl (C=O) groups is 1. The van der Waals surface area contributed by atoms with Crippen molar-refractivity contribution >= 4 is 6.03 Å². The molecule has 0 saturated heterocycles. The quantitative estimate of drug-likeness (QED) is 0.767. The number of aliphatic hydroxyl groups is 1. The van der Waals surface area contributed by atoms with Crippen molar-refractivity contribution in [3.8, 4) is 5.69 Å². The van der Waals surface area contributed by atoms with Crippen molar-refractivity contribution in [2.45, 2.75) is 13.0 Å². The van der Waals surface area contributed by atoms with Gasteiger partial charge in [0, 0.05) is 18.9 Å². The highest BCUT2D eigenvalue weighted by atomic mass is 16.3. The van der Waals surface area contributed by atoms with Crippen LogP contribution in [-0.4, -0.2) is 34.1 Å². The fraction of sp³-hybridized carbons (Fsp3) is 0.286. The lowest BCUT2D eigenvalue weighted by molar-refractivity contribution is 0.231. The monoisotopic (exact) mass is 274 g/mol. The molecule has 0 saturated carbocycles. The number of nitrogens with zero attached hydrogens (tertiary/aromatic N) is 2. The van der Waals surface area contributed by atoms with E-state index in [2.05, 4.69) is 15.7 Å². The van der Waals surface area contributed by atoms with Gasteiger partial charge in [-0.3, -0.25) is 0 Å². The topological polar surface area (TPSA) is 79.2 Å². The Kier molecular flexibility index (Phi) is 4.73. The summed E-state index contributed by atoms with van der Waals surface area (Å²) in [6.07, 6.45) is 3.59. The number of aliphatic hydroxyl groups excluding tert-OH is 1. The highest BCUT2D eigenvalue weighted by Crippen LogP contribution is 2.16. The van der Waals surface area contributed by atoms with E-state index in [0.717, 1.165) is 11.3 Å². The van der Waals surface area contributed by atoms with Crippen LogP contribution in [-0.2, 0) is 0 Å². The third-order valence-electron chi connectivity index (χ3n) is 2.88. The van der Waals surface area contributed by atoms with E-state index in [1.54, 1.807) is 10.9 Å². The molecular formula is C14H18N4O2. The van der Waals surface area contributed by atoms with Gasteiger partial charge in [-0.25, -0.2) is 9.48 Å². The number of hydrogen-bond acceptors (Lipinski definition) is 3. The summed E-state index contributed by atoms with van der Waals surface area (Å²) in [6, 6.07) is 9.23. The average Bonchev–Trinajstić information content (AvgIpc) is 2.99. The first-order valence-electron chi connectivity index (χ1n) is 6.46. The van der Waals surface area contributed by atoms with E-state index in [4.69, 9.17) is 5.11 Å². The zero-order valence-electron chi connectivity index (χ0n) is 11.3. The SMILES string of the molecule is CC(NC(=O)NCCO)c1cccc(-n2cccn2)c1. The molecule has 6 nitrogen and oxygen atoms in total. The molecule has 0 spiro atoms. The summed E-state index contributed by atoms with van der Waals surface area (Å²) in [5, 5.41) is 18.2. The van der Waals surface area contributed by atoms with Crippen molar-refractivity contribution in [1.82, 2.24) is 20.4 Å². The predicted octanol–water partition coefficient (Wildman–Crippen LogP) is 1.22. The minimum absolute atomic E-state index is 0.0728. The van der Waals surface area contributed by atoms with Crippen molar-refractivity contribution in [1.29, 1.82) is 0 Å². The van der Waals surface area contributed by atoms with Crippen LogP contribution in [0.3, 0.4) is 0 Å². The number of carbonyl (C=O) groups excluding carboxylic acids is 1. The summed E-state index contributed by atoms with van der Waals surface area (Å²) >= 11 is 0. The van der Waals surface area contributed by atoms with Crippen LogP contribution in [0.15, 0.2) is 42.7 Å². The van der Waals surface area contributed by atoms with Crippen LogP contribution in [0.25, 0.3) is 5.69 Å². The van der Waals surface area contributed by atoms with Crippen molar-refractivity contribution in [3.05, 3.63) is 48.3 Å². The highest BCUT2D eigenvalue weighted by Gasteiger charge is 2.09. The lowest BCUT2D eigenvalue weighted by Gasteiger charge is -2.15. The summed E-state index contributed by atoms with van der Waals surface area (Å²) < 4.78 is 1.77. The van der Waals surface area contributed by atoms with E-state index in [1.165, 1.54) is 0 Å². The molecule has 2 rings (SSSR count). The van der Waals surface area contributed by atoms with Crippen LogP contribution in [0.5, 0.6) is 0 Å². The van der Waals surface area contributed by atoms with Gasteiger partial charge in [-0.2, -0.15) is 5.10 Å². The van der Waals surface area contributed by atoms with Crippen LogP contribution in [0.2, 0.25) is 0 Å². The Bertz CT molecular complexity index is 554. The molecule has 20 heavy (non-hydrogen) atoms. The summed E-state index contributed by atoms with van der Waals surface area (Å²) in [7, 11) is 0. The second-order valence-electron chi connectivity index (χ2n) is 4.39. The number of aromatic nitrogens is 2. The zero-order chi connectivity index (χ0) is 14.4. The van der Waals surface area contributed by atoms with Crippen molar-refractivity contribution in [2.75, 3.05) is 13.2 Å². The third kappa shape index (κ3) is 3.58. The summed E-state index contributed by atoms with van der Waals surface area (Å²) in [4.78, 5) is 11.5. The van der Waals surface area contributed by atoms with E-state index in [9.17, 15) is 4.79 Å². The van der Waals surface area contributed by atoms with Crippen molar-refractivity contribution in [2.24, 2.45) is 0 Å². The minimum Gasteiger partial charge on any atom is -0.395 e. The van der Waals surface area contributed by atoms with Gasteiger partial charge in [-0.15, -0.1) is 0 Å². The lowest BCUT2D eigenvalue weighted by Crippen LogP contribution is -2.38. The molecule has 1 aromatic heterocycles. The summed E-state index contributed by atoms with van der Waals surface area (Å²) in [5.41, 5.74) is 1.93. The molecule has 2 amide bonds. The summed E-state index contributed by atoms with van der Waals surface area (Å²) in [5.74, 6) is 0. The fourth-order valence-corrected chi connectivity index (χ4v) is 1.86. The van der Waals surface area contributed by atoms with E-state index in [-0.39, 0.29) is 25.2 Å². The number of nitrogens with one attached hydrogen (secondary N) is 2. The van der Waals surface area contributed by atoms with Gasteiger partial charge in [-0.05, 0) is 30.7 Å². The minimum atomic E-state index is -0.295. The van der Waals surface area contributed by atoms with Gasteiger partial charge in [0.1, 0.15) is 0 Å². The smallest absolute Gasteiger partial charge is 0.315 e. The largest absolute Gasteiger partial charge is 0.395 e. The standard InChI is InChI=1S/C14H18N4O2/c1-11(17-14(20)15-7-9-19)12-4-2-5-13(10-12)18-8-3-6-16-18/h2-6,8,10-11,19H,7,9H2,1H3,(H2,15,17,20). The normalized spacial score (nSPS) is 11.9. The van der Waals surface area contributed by atoms with Crippen LogP contribution in [0, 0.1) is 0 Å². The van der Waals surface area contributed by atoms with Gasteiger partial charge in [0.05, 0.1) is 18.3 Å². The van der Waals surface area contributed by atoms with Crippen LogP contribution < -0.4 is 10.6 Å². The zero-order valence-corrected chi connectivity index (χ0v) is 11.3. The van der Waals surface area contributed by atoms with E-state index in [1.807, 2.05) is 43.5 Å². The summed E-state index contributed by atoms with van der Waals surface area (Å²) in [6.45, 7) is 2.07. The van der Waals surface area contributed by atoms with Crippen molar-refractivity contribution < 1.29 is 9.90 Å². The van der Waals surface area contributed by atoms with Gasteiger partial charge >= 0.3 is 6.03 Å². The van der Waals surface area contributed by atoms with Gasteiger partial charge in [-0.1, -0.05) is 12.1 Å². The molecule has 3 N–H and O–H groups in total. The maximum absolute atomic E-state index is 11.5. The Hall–Kier alpha value is -2.34. The van der Waals surface area contributed by atoms with Crippen LogP contribution >= 0.6 is 0 Å². The van der Waals surface area contributed by atoms with E-state index >= 15 is 0 Å². The second kappa shape index (κ2) is 6.72. The first-order valence-corrected chi connectivity index (χ1v) is 6.46. The number of amides is 2. The second-order valence-corrected chi connectivity index (χ2v) is 4.39. The Morgan fingerprint density at radius 1 is 1.45 bits per heavy atom. The maximum Gasteiger partial charge on any atom is 0.315 e. The molecule has 0 radical (unpaired) electrons. The molecule has 2 aromatic rings. The van der Waals surface area contributed by atoms with Gasteiger partial charge in [0.2, 0.25) is 0 Å². The number of hydrogen-bond donors (Lipinski definition) is 3. The average molecular weight is 274 g/mol. The molecule has 0 bridgehead atoms. The molecule has 6 heteroatoms. The molecule has 1 heterocycles. The number of rotatable bonds is 5. The predicted molar refractivity (Wildman–Crippen MR) is 75.6 cm³/mol. The molecule has 0 aliphatic carbocycles. The molecule has 1 unspecified atom stereocenters. The first-order chi connectivity index (χ1) is 9.70. The van der Waals surface area contributed by atoms with E-state index < -0.39 is 0 Å². The fourth-order valence-electron chi connectivity index (χ4n) is 1.86. The molecule has 0 aliphatic rings. The molecule has 1 aromatic carbocycles.